The molecule has 0 radical (unpaired) electrons. The number of amides is 2. The van der Waals surface area contributed by atoms with E-state index in [0.29, 0.717) is 37.5 Å². The predicted molar refractivity (Wildman–Crippen MR) is 105 cm³/mol. The van der Waals surface area contributed by atoms with Crippen molar-refractivity contribution in [2.24, 2.45) is 0 Å². The molecule has 2 amide bonds. The molecule has 7 heteroatoms. The summed E-state index contributed by atoms with van der Waals surface area (Å²) in [5.74, 6) is 1.14. The molecule has 2 aliphatic rings. The largest absolute Gasteiger partial charge is 0.459 e. The quantitative estimate of drug-likeness (QED) is 0.816. The highest BCUT2D eigenvalue weighted by molar-refractivity contribution is 5.95. The number of aromatic nitrogens is 1. The Morgan fingerprint density at radius 1 is 0.821 bits per heavy atom. The van der Waals surface area contributed by atoms with Gasteiger partial charge in [-0.05, 0) is 37.1 Å². The van der Waals surface area contributed by atoms with Gasteiger partial charge >= 0.3 is 0 Å². The van der Waals surface area contributed by atoms with Crippen LogP contribution in [-0.4, -0.2) is 65.9 Å². The topological polar surface area (TPSA) is 69.9 Å². The van der Waals surface area contributed by atoms with Gasteiger partial charge in [0.1, 0.15) is 5.82 Å². The van der Waals surface area contributed by atoms with E-state index in [-0.39, 0.29) is 11.8 Å². The van der Waals surface area contributed by atoms with Gasteiger partial charge in [-0.25, -0.2) is 4.98 Å². The first-order chi connectivity index (χ1) is 13.7. The van der Waals surface area contributed by atoms with E-state index in [9.17, 15) is 9.59 Å². The number of anilines is 1. The van der Waals surface area contributed by atoms with Crippen LogP contribution in [-0.2, 0) is 0 Å². The van der Waals surface area contributed by atoms with Crippen molar-refractivity contribution in [3.8, 4) is 0 Å². The smallest absolute Gasteiger partial charge is 0.289 e. The molecule has 2 aromatic rings. The van der Waals surface area contributed by atoms with Crippen molar-refractivity contribution in [3.05, 3.63) is 48.0 Å². The Balaban J connectivity index is 1.34. The molecule has 4 rings (SSSR count). The fourth-order valence-corrected chi connectivity index (χ4v) is 3.85. The molecule has 2 aliphatic heterocycles. The van der Waals surface area contributed by atoms with Crippen molar-refractivity contribution in [1.29, 1.82) is 0 Å². The van der Waals surface area contributed by atoms with Crippen LogP contribution in [0.15, 0.2) is 41.1 Å². The molecule has 0 bridgehead atoms. The number of pyridine rings is 1. The van der Waals surface area contributed by atoms with E-state index >= 15 is 0 Å². The molecule has 0 unspecified atom stereocenters. The highest BCUT2D eigenvalue weighted by Gasteiger charge is 2.26. The summed E-state index contributed by atoms with van der Waals surface area (Å²) in [6.45, 7) is 4.10. The molecule has 0 N–H and O–H groups in total. The third kappa shape index (κ3) is 4.03. The van der Waals surface area contributed by atoms with Crippen LogP contribution in [0.4, 0.5) is 5.82 Å². The molecule has 0 saturated carbocycles. The molecule has 2 fully saturated rings. The summed E-state index contributed by atoms with van der Waals surface area (Å²) in [5, 5.41) is 0. The predicted octanol–water partition coefficient (Wildman–Crippen LogP) is 2.65. The molecular weight excluding hydrogens is 356 g/mol. The van der Waals surface area contributed by atoms with E-state index in [1.165, 1.54) is 31.9 Å². The molecule has 0 atom stereocenters. The van der Waals surface area contributed by atoms with Crippen molar-refractivity contribution in [3.63, 3.8) is 0 Å². The van der Waals surface area contributed by atoms with E-state index in [4.69, 9.17) is 4.42 Å². The van der Waals surface area contributed by atoms with Crippen LogP contribution in [0.5, 0.6) is 0 Å². The monoisotopic (exact) mass is 382 g/mol. The minimum atomic E-state index is -0.124. The second-order valence-corrected chi connectivity index (χ2v) is 7.37. The van der Waals surface area contributed by atoms with Gasteiger partial charge in [0.25, 0.3) is 11.8 Å². The van der Waals surface area contributed by atoms with E-state index < -0.39 is 0 Å². The number of hydrogen-bond donors (Lipinski definition) is 0. The molecular formula is C21H26N4O3. The molecule has 7 nitrogen and oxygen atoms in total. The maximum Gasteiger partial charge on any atom is 0.289 e. The van der Waals surface area contributed by atoms with E-state index in [0.717, 1.165) is 18.9 Å². The molecule has 148 valence electrons. The highest BCUT2D eigenvalue weighted by atomic mass is 16.3. The summed E-state index contributed by atoms with van der Waals surface area (Å²) in [6.07, 6.45) is 8.13. The fraction of sp³-hybridized carbons (Fsp3) is 0.476. The maximum atomic E-state index is 12.8. The minimum absolute atomic E-state index is 0.0278. The lowest BCUT2D eigenvalue weighted by Gasteiger charge is -2.34. The van der Waals surface area contributed by atoms with Crippen LogP contribution in [0.3, 0.4) is 0 Å². The first-order valence-electron chi connectivity index (χ1n) is 10.1. The molecule has 0 aromatic carbocycles. The van der Waals surface area contributed by atoms with Gasteiger partial charge in [0, 0.05) is 45.5 Å². The van der Waals surface area contributed by atoms with Gasteiger partial charge in [-0.3, -0.25) is 9.59 Å². The van der Waals surface area contributed by atoms with Gasteiger partial charge in [0.05, 0.1) is 11.8 Å². The molecule has 28 heavy (non-hydrogen) atoms. The number of carbonyl (C=O) groups is 2. The summed E-state index contributed by atoms with van der Waals surface area (Å²) in [4.78, 5) is 35.5. The first-order valence-corrected chi connectivity index (χ1v) is 10.1. The summed E-state index contributed by atoms with van der Waals surface area (Å²) >= 11 is 0. The molecule has 0 spiro atoms. The van der Waals surface area contributed by atoms with E-state index in [2.05, 4.69) is 9.88 Å². The average Bonchev–Trinajstić information content (AvgIpc) is 3.15. The summed E-state index contributed by atoms with van der Waals surface area (Å²) in [7, 11) is 0. The number of piperazine rings is 1. The van der Waals surface area contributed by atoms with Gasteiger partial charge < -0.3 is 19.1 Å². The number of hydrogen-bond acceptors (Lipinski definition) is 5. The fourth-order valence-electron chi connectivity index (χ4n) is 3.85. The molecule has 4 heterocycles. The normalized spacial score (nSPS) is 18.1. The third-order valence-corrected chi connectivity index (χ3v) is 5.51. The van der Waals surface area contributed by atoms with Crippen molar-refractivity contribution in [1.82, 2.24) is 14.8 Å². The zero-order chi connectivity index (χ0) is 19.3. The Hall–Kier alpha value is -2.83. The van der Waals surface area contributed by atoms with Gasteiger partial charge in [-0.15, -0.1) is 0 Å². The lowest BCUT2D eigenvalue weighted by Crippen LogP contribution is -2.50. The lowest BCUT2D eigenvalue weighted by molar-refractivity contribution is 0.0518. The average molecular weight is 382 g/mol. The third-order valence-electron chi connectivity index (χ3n) is 5.51. The van der Waals surface area contributed by atoms with Gasteiger partial charge in [-0.1, -0.05) is 12.8 Å². The lowest BCUT2D eigenvalue weighted by atomic mass is 10.2. The van der Waals surface area contributed by atoms with Crippen molar-refractivity contribution in [2.45, 2.75) is 25.7 Å². The van der Waals surface area contributed by atoms with Crippen LogP contribution in [0.25, 0.3) is 0 Å². The number of rotatable bonds is 3. The second-order valence-electron chi connectivity index (χ2n) is 7.37. The number of furan rings is 1. The Morgan fingerprint density at radius 3 is 2.07 bits per heavy atom. The van der Waals surface area contributed by atoms with Crippen molar-refractivity contribution < 1.29 is 14.0 Å². The SMILES string of the molecule is O=C(c1ccc(N2CCCCCC2)nc1)N1CCN(C(=O)c2ccco2)CC1. The highest BCUT2D eigenvalue weighted by Crippen LogP contribution is 2.18. The number of carbonyl (C=O) groups excluding carboxylic acids is 2. The number of nitrogens with zero attached hydrogens (tertiary/aromatic N) is 4. The second kappa shape index (κ2) is 8.46. The minimum Gasteiger partial charge on any atom is -0.459 e. The first kappa shape index (κ1) is 18.5. The van der Waals surface area contributed by atoms with Gasteiger partial charge in [0.15, 0.2) is 5.76 Å². The van der Waals surface area contributed by atoms with Crippen LogP contribution in [0, 0.1) is 0 Å². The Labute approximate surface area is 164 Å². The molecule has 0 aliphatic carbocycles. The standard InChI is InChI=1S/C21H26N4O3/c26-20(17-7-8-19(22-16-17)23-9-3-1-2-4-10-23)24-11-13-25(14-12-24)21(27)18-6-5-15-28-18/h5-8,15-16H,1-4,9-14H2. The van der Waals surface area contributed by atoms with E-state index in [1.807, 2.05) is 12.1 Å². The molecule has 2 saturated heterocycles. The Bertz CT molecular complexity index is 788. The van der Waals surface area contributed by atoms with Crippen molar-refractivity contribution in [2.75, 3.05) is 44.2 Å². The van der Waals surface area contributed by atoms with Crippen LogP contribution in [0.1, 0.15) is 46.6 Å². The summed E-state index contributed by atoms with van der Waals surface area (Å²) in [5.41, 5.74) is 0.601. The van der Waals surface area contributed by atoms with E-state index in [1.54, 1.807) is 28.1 Å². The van der Waals surface area contributed by atoms with Crippen molar-refractivity contribution >= 4 is 17.6 Å². The maximum absolute atomic E-state index is 12.8. The van der Waals surface area contributed by atoms with Crippen LogP contribution < -0.4 is 4.90 Å². The Kier molecular flexibility index (Phi) is 5.60. The van der Waals surface area contributed by atoms with Crippen LogP contribution >= 0.6 is 0 Å². The zero-order valence-corrected chi connectivity index (χ0v) is 16.0. The summed E-state index contributed by atoms with van der Waals surface area (Å²) in [6, 6.07) is 7.19. The molecule has 2 aromatic heterocycles. The van der Waals surface area contributed by atoms with Gasteiger partial charge in [-0.2, -0.15) is 0 Å². The Morgan fingerprint density at radius 2 is 1.50 bits per heavy atom. The van der Waals surface area contributed by atoms with Gasteiger partial charge in [0.2, 0.25) is 0 Å². The zero-order valence-electron chi connectivity index (χ0n) is 16.0. The summed E-state index contributed by atoms with van der Waals surface area (Å²) < 4.78 is 5.18. The van der Waals surface area contributed by atoms with Crippen LogP contribution in [0.2, 0.25) is 0 Å².